The molecule has 0 heterocycles. The Morgan fingerprint density at radius 2 is 2.00 bits per heavy atom. The molecule has 0 aliphatic heterocycles. The Labute approximate surface area is 94.0 Å². The third-order valence-corrected chi connectivity index (χ3v) is 2.06. The lowest BCUT2D eigenvalue weighted by Crippen LogP contribution is -2.23. The first-order valence-corrected chi connectivity index (χ1v) is 5.24. The highest BCUT2D eigenvalue weighted by molar-refractivity contribution is 14.1. The Morgan fingerprint density at radius 1 is 1.36 bits per heavy atom. The Morgan fingerprint density at radius 3 is 2.57 bits per heavy atom. The Kier molecular flexibility index (Phi) is 3.87. The molecule has 1 aromatic carbocycles. The van der Waals surface area contributed by atoms with Crippen molar-refractivity contribution in [2.45, 2.75) is 0 Å². The number of benzene rings is 1. The summed E-state index contributed by atoms with van der Waals surface area (Å²) in [5.74, 6) is -1.82. The molecule has 0 aliphatic carbocycles. The van der Waals surface area contributed by atoms with Crippen LogP contribution in [-0.2, 0) is 4.79 Å². The summed E-state index contributed by atoms with van der Waals surface area (Å²) < 4.78 is 4.95. The lowest BCUT2D eigenvalue weighted by Gasteiger charge is -2.08. The minimum absolute atomic E-state index is 0.0224. The molecule has 0 N–H and O–H groups in total. The summed E-state index contributed by atoms with van der Waals surface area (Å²) in [4.78, 5) is 21.5. The van der Waals surface area contributed by atoms with Crippen molar-refractivity contribution in [3.8, 4) is 5.75 Å². The zero-order valence-electron chi connectivity index (χ0n) is 7.03. The lowest BCUT2D eigenvalue weighted by atomic mass is 10.2. The largest absolute Gasteiger partial charge is 0.545 e. The average molecular weight is 305 g/mol. The third-order valence-electron chi connectivity index (χ3n) is 1.44. The van der Waals surface area contributed by atoms with Gasteiger partial charge >= 0.3 is 5.97 Å². The first-order chi connectivity index (χ1) is 6.65. The summed E-state index contributed by atoms with van der Waals surface area (Å²) in [6.07, 6.45) is 0. The number of ether oxygens (including phenoxy) is 1. The molecule has 0 aliphatic rings. The summed E-state index contributed by atoms with van der Waals surface area (Å²) >= 11 is 1.83. The number of hydrogen-bond donors (Lipinski definition) is 0. The predicted octanol–water partition coefficient (Wildman–Crippen LogP) is 0.390. The van der Waals surface area contributed by atoms with Crippen LogP contribution < -0.4 is 9.84 Å². The number of para-hydroxylation sites is 1. The average Bonchev–Trinajstić information content (AvgIpc) is 2.18. The molecule has 0 amide bonds. The fourth-order valence-electron chi connectivity index (χ4n) is 0.874. The van der Waals surface area contributed by atoms with Crippen molar-refractivity contribution >= 4 is 34.5 Å². The van der Waals surface area contributed by atoms with Gasteiger partial charge in [-0.3, -0.25) is 4.79 Å². The van der Waals surface area contributed by atoms with Gasteiger partial charge in [-0.1, -0.05) is 34.7 Å². The lowest BCUT2D eigenvalue weighted by molar-refractivity contribution is -0.255. The van der Waals surface area contributed by atoms with Crippen LogP contribution in [-0.4, -0.2) is 16.4 Å². The van der Waals surface area contributed by atoms with Gasteiger partial charge in [0.05, 0.1) is 10.4 Å². The van der Waals surface area contributed by atoms with Crippen molar-refractivity contribution < 1.29 is 19.4 Å². The number of alkyl halides is 1. The SMILES string of the molecule is O=C(CI)Oc1ccccc1C(=O)[O-]. The van der Waals surface area contributed by atoms with E-state index in [1.54, 1.807) is 6.07 Å². The number of carboxylic acids is 1. The van der Waals surface area contributed by atoms with Gasteiger partial charge in [-0.05, 0) is 12.1 Å². The Bertz CT molecular complexity index is 362. The normalized spacial score (nSPS) is 9.50. The fourth-order valence-corrected chi connectivity index (χ4v) is 1.03. The van der Waals surface area contributed by atoms with Crippen LogP contribution in [0, 0.1) is 0 Å². The van der Waals surface area contributed by atoms with Crippen LogP contribution in [0.15, 0.2) is 24.3 Å². The van der Waals surface area contributed by atoms with Crippen LogP contribution in [0.4, 0.5) is 0 Å². The van der Waals surface area contributed by atoms with Gasteiger partial charge < -0.3 is 14.6 Å². The smallest absolute Gasteiger partial charge is 0.321 e. The van der Waals surface area contributed by atoms with E-state index in [0.29, 0.717) is 0 Å². The van der Waals surface area contributed by atoms with Gasteiger partial charge in [0.25, 0.3) is 0 Å². The van der Waals surface area contributed by atoms with E-state index in [0.717, 1.165) is 0 Å². The Balaban J connectivity index is 2.95. The molecule has 0 aromatic heterocycles. The van der Waals surface area contributed by atoms with Crippen molar-refractivity contribution in [3.63, 3.8) is 0 Å². The van der Waals surface area contributed by atoms with Gasteiger partial charge in [0.15, 0.2) is 0 Å². The van der Waals surface area contributed by atoms with Crippen LogP contribution in [0.5, 0.6) is 5.75 Å². The molecule has 0 radical (unpaired) electrons. The summed E-state index contributed by atoms with van der Waals surface area (Å²) in [6.45, 7) is 0. The van der Waals surface area contributed by atoms with Gasteiger partial charge in [-0.15, -0.1) is 0 Å². The van der Waals surface area contributed by atoms with Crippen molar-refractivity contribution in [2.75, 3.05) is 4.43 Å². The van der Waals surface area contributed by atoms with Gasteiger partial charge in [0.2, 0.25) is 0 Å². The molecule has 1 rings (SSSR count). The summed E-state index contributed by atoms with van der Waals surface area (Å²) in [5.41, 5.74) is -0.120. The molecule has 0 bridgehead atoms. The molecular weight excluding hydrogens is 299 g/mol. The maximum atomic E-state index is 10.9. The Hall–Kier alpha value is -1.11. The third kappa shape index (κ3) is 2.69. The van der Waals surface area contributed by atoms with Gasteiger partial charge in [0.1, 0.15) is 5.75 Å². The second-order valence-electron chi connectivity index (χ2n) is 2.39. The molecule has 74 valence electrons. The molecule has 0 atom stereocenters. The second-order valence-corrected chi connectivity index (χ2v) is 3.15. The maximum Gasteiger partial charge on any atom is 0.321 e. The highest BCUT2D eigenvalue weighted by Crippen LogP contribution is 2.17. The molecule has 4 nitrogen and oxygen atoms in total. The van der Waals surface area contributed by atoms with Gasteiger partial charge in [-0.2, -0.15) is 0 Å². The standard InChI is InChI=1S/C9H7IO4/c10-5-8(11)14-7-4-2-1-3-6(7)9(12)13/h1-4H,5H2,(H,12,13)/p-1. The topological polar surface area (TPSA) is 66.4 Å². The molecule has 1 aromatic rings. The zero-order valence-corrected chi connectivity index (χ0v) is 9.18. The van der Waals surface area contributed by atoms with E-state index in [4.69, 9.17) is 4.74 Å². The number of carbonyl (C=O) groups excluding carboxylic acids is 2. The predicted molar refractivity (Wildman–Crippen MR) is 55.3 cm³/mol. The highest BCUT2D eigenvalue weighted by Gasteiger charge is 2.07. The minimum atomic E-state index is -1.36. The van der Waals surface area contributed by atoms with Crippen molar-refractivity contribution in [2.24, 2.45) is 0 Å². The van der Waals surface area contributed by atoms with Crippen LogP contribution in [0.1, 0.15) is 10.4 Å². The molecule has 0 unspecified atom stereocenters. The van der Waals surface area contributed by atoms with E-state index in [9.17, 15) is 14.7 Å². The monoisotopic (exact) mass is 305 g/mol. The van der Waals surface area contributed by atoms with Crippen molar-refractivity contribution in [1.82, 2.24) is 0 Å². The van der Waals surface area contributed by atoms with Crippen LogP contribution >= 0.6 is 22.6 Å². The first kappa shape index (κ1) is 11.0. The fraction of sp³-hybridized carbons (Fsp3) is 0.111. The molecule has 5 heteroatoms. The van der Waals surface area contributed by atoms with Gasteiger partial charge in [0, 0.05) is 5.56 Å². The van der Waals surface area contributed by atoms with E-state index in [2.05, 4.69) is 0 Å². The maximum absolute atomic E-state index is 10.9. The number of rotatable bonds is 3. The molecule has 0 fully saturated rings. The van der Waals surface area contributed by atoms with E-state index >= 15 is 0 Å². The minimum Gasteiger partial charge on any atom is -0.545 e. The number of carboxylic acid groups (broad SMARTS) is 1. The van der Waals surface area contributed by atoms with Gasteiger partial charge in [-0.25, -0.2) is 0 Å². The number of hydrogen-bond acceptors (Lipinski definition) is 4. The van der Waals surface area contributed by atoms with E-state index in [1.807, 2.05) is 22.6 Å². The van der Waals surface area contributed by atoms with E-state index in [1.165, 1.54) is 18.2 Å². The number of halogens is 1. The second kappa shape index (κ2) is 4.94. The highest BCUT2D eigenvalue weighted by atomic mass is 127. The van der Waals surface area contributed by atoms with E-state index in [-0.39, 0.29) is 15.7 Å². The molecular formula is C9H6IO4-. The molecule has 0 saturated carbocycles. The van der Waals surface area contributed by atoms with Crippen LogP contribution in [0.3, 0.4) is 0 Å². The van der Waals surface area contributed by atoms with Crippen LogP contribution in [0.2, 0.25) is 0 Å². The van der Waals surface area contributed by atoms with Crippen molar-refractivity contribution in [1.29, 1.82) is 0 Å². The summed E-state index contributed by atoms with van der Waals surface area (Å²) in [7, 11) is 0. The summed E-state index contributed by atoms with van der Waals surface area (Å²) in [5, 5.41) is 10.6. The van der Waals surface area contributed by atoms with E-state index < -0.39 is 11.9 Å². The van der Waals surface area contributed by atoms with Crippen molar-refractivity contribution in [3.05, 3.63) is 29.8 Å². The molecule has 14 heavy (non-hydrogen) atoms. The number of carbonyl (C=O) groups is 2. The first-order valence-electron chi connectivity index (χ1n) is 3.72. The quantitative estimate of drug-likeness (QED) is 0.351. The summed E-state index contributed by atoms with van der Waals surface area (Å²) in [6, 6.07) is 5.86. The zero-order chi connectivity index (χ0) is 10.6. The molecule has 0 saturated heterocycles. The number of aromatic carboxylic acids is 1. The van der Waals surface area contributed by atoms with Crippen LogP contribution in [0.25, 0.3) is 0 Å². The number of esters is 1. The molecule has 0 spiro atoms.